The normalized spacial score (nSPS) is 15.9. The molecule has 1 unspecified atom stereocenters. The van der Waals surface area contributed by atoms with E-state index in [1.165, 1.54) is 21.7 Å². The fraction of sp³-hybridized carbons (Fsp3) is 0.136. The van der Waals surface area contributed by atoms with E-state index >= 15 is 4.39 Å². The number of halogens is 2. The van der Waals surface area contributed by atoms with Crippen molar-refractivity contribution in [1.82, 2.24) is 19.7 Å². The summed E-state index contributed by atoms with van der Waals surface area (Å²) in [7, 11) is 0. The van der Waals surface area contributed by atoms with Gasteiger partial charge in [-0.25, -0.2) is 13.7 Å². The number of nitrogens with zero attached hydrogens (tertiary/aromatic N) is 4. The van der Waals surface area contributed by atoms with Crippen LogP contribution in [0.5, 0.6) is 0 Å². The summed E-state index contributed by atoms with van der Waals surface area (Å²) in [4.78, 5) is 22.5. The molecule has 1 aliphatic rings. The molecule has 4 aromatic rings. The zero-order valence-electron chi connectivity index (χ0n) is 16.7. The summed E-state index contributed by atoms with van der Waals surface area (Å²) in [6.07, 6.45) is 2.24. The molecule has 2 aromatic heterocycles. The second-order valence-corrected chi connectivity index (χ2v) is 7.69. The van der Waals surface area contributed by atoms with Crippen LogP contribution in [0.2, 0.25) is 5.02 Å². The van der Waals surface area contributed by atoms with Crippen molar-refractivity contribution in [2.45, 2.75) is 12.5 Å². The van der Waals surface area contributed by atoms with Gasteiger partial charge in [-0.1, -0.05) is 41.9 Å². The number of anilines is 2. The summed E-state index contributed by atoms with van der Waals surface area (Å²) in [5, 5.41) is 7.92. The van der Waals surface area contributed by atoms with Crippen molar-refractivity contribution in [3.05, 3.63) is 77.2 Å². The van der Waals surface area contributed by atoms with E-state index in [4.69, 9.17) is 22.2 Å². The largest absolute Gasteiger partial charge is 0.366 e. The lowest BCUT2D eigenvalue weighted by molar-refractivity contribution is -0.0830. The van der Waals surface area contributed by atoms with Gasteiger partial charge in [0.15, 0.2) is 11.5 Å². The summed E-state index contributed by atoms with van der Waals surface area (Å²) in [5.41, 5.74) is 7.72. The first kappa shape index (κ1) is 20.2. The first-order valence-corrected chi connectivity index (χ1v) is 10.3. The van der Waals surface area contributed by atoms with E-state index in [-0.39, 0.29) is 28.3 Å². The number of rotatable bonds is 3. The fourth-order valence-electron chi connectivity index (χ4n) is 3.76. The second-order valence-electron chi connectivity index (χ2n) is 7.28. The molecule has 10 heteroatoms. The predicted octanol–water partition coefficient (Wildman–Crippen LogP) is 4.68. The lowest BCUT2D eigenvalue weighted by Crippen LogP contribution is -2.33. The van der Waals surface area contributed by atoms with Gasteiger partial charge in [-0.15, -0.1) is 5.10 Å². The molecule has 3 heterocycles. The molecule has 0 radical (unpaired) electrons. The Bertz CT molecular complexity index is 1310. The number of fused-ring (bicyclic) bond motifs is 1. The third kappa shape index (κ3) is 3.61. The van der Waals surface area contributed by atoms with Crippen LogP contribution in [0.4, 0.5) is 20.8 Å². The van der Waals surface area contributed by atoms with Gasteiger partial charge in [0.1, 0.15) is 0 Å². The van der Waals surface area contributed by atoms with Crippen molar-refractivity contribution < 1.29 is 14.0 Å². The van der Waals surface area contributed by atoms with E-state index < -0.39 is 11.8 Å². The van der Waals surface area contributed by atoms with E-state index in [1.807, 2.05) is 30.3 Å². The Labute approximate surface area is 187 Å². The smallest absolute Gasteiger partial charge is 0.346 e. The van der Waals surface area contributed by atoms with Crippen molar-refractivity contribution in [2.75, 3.05) is 17.7 Å². The number of amides is 2. The Kier molecular flexibility index (Phi) is 5.12. The zero-order chi connectivity index (χ0) is 22.2. The number of nitrogen functional groups attached to an aromatic ring is 1. The number of nitrogens with two attached hydrogens (primary N) is 1. The van der Waals surface area contributed by atoms with Gasteiger partial charge < -0.3 is 11.1 Å². The number of pyridine rings is 1. The number of hydrogen-bond acceptors (Lipinski definition) is 5. The monoisotopic (exact) mass is 452 g/mol. The molecule has 0 bridgehead atoms. The number of benzene rings is 2. The fourth-order valence-corrected chi connectivity index (χ4v) is 3.95. The third-order valence-electron chi connectivity index (χ3n) is 5.27. The minimum absolute atomic E-state index is 0.0705. The maximum absolute atomic E-state index is 15.5. The average Bonchev–Trinajstić information content (AvgIpc) is 3.42. The maximum Gasteiger partial charge on any atom is 0.346 e. The maximum atomic E-state index is 15.5. The van der Waals surface area contributed by atoms with Gasteiger partial charge in [0.05, 0.1) is 23.4 Å². The summed E-state index contributed by atoms with van der Waals surface area (Å²) >= 11 is 6.23. The van der Waals surface area contributed by atoms with Crippen LogP contribution in [0.1, 0.15) is 18.0 Å². The van der Waals surface area contributed by atoms with Gasteiger partial charge in [0.2, 0.25) is 5.95 Å². The number of carbonyl (C=O) groups excluding carboxylic acids is 1. The summed E-state index contributed by atoms with van der Waals surface area (Å²) < 4.78 is 16.9. The quantitative estimate of drug-likeness (QED) is 0.470. The minimum Gasteiger partial charge on any atom is -0.366 e. The Hall–Kier alpha value is -3.69. The SMILES string of the molecule is Nc1nc2ccc(-c3ccc(Cl)c(NC(=O)N4OCCC4c4ccccc4)c3F)cn2n1. The first-order valence-electron chi connectivity index (χ1n) is 9.89. The zero-order valence-corrected chi connectivity index (χ0v) is 17.5. The summed E-state index contributed by atoms with van der Waals surface area (Å²) in [6.45, 7) is 0.379. The highest BCUT2D eigenvalue weighted by Gasteiger charge is 2.32. The van der Waals surface area contributed by atoms with Crippen molar-refractivity contribution in [2.24, 2.45) is 0 Å². The third-order valence-corrected chi connectivity index (χ3v) is 5.59. The van der Waals surface area contributed by atoms with Crippen molar-refractivity contribution in [1.29, 1.82) is 0 Å². The van der Waals surface area contributed by atoms with Gasteiger partial charge in [-0.3, -0.25) is 4.84 Å². The molecule has 0 saturated carbocycles. The molecular formula is C22H18ClFN6O2. The first-order chi connectivity index (χ1) is 15.5. The minimum atomic E-state index is -0.672. The molecule has 0 aliphatic carbocycles. The Morgan fingerprint density at radius 2 is 2.00 bits per heavy atom. The highest BCUT2D eigenvalue weighted by molar-refractivity contribution is 6.33. The van der Waals surface area contributed by atoms with Crippen LogP contribution in [0.15, 0.2) is 60.8 Å². The van der Waals surface area contributed by atoms with Gasteiger partial charge in [-0.05, 0) is 29.8 Å². The average molecular weight is 453 g/mol. The van der Waals surface area contributed by atoms with Crippen LogP contribution in [-0.4, -0.2) is 32.3 Å². The number of carbonyl (C=O) groups is 1. The molecule has 5 rings (SSSR count). The highest BCUT2D eigenvalue weighted by atomic mass is 35.5. The van der Waals surface area contributed by atoms with Crippen LogP contribution >= 0.6 is 11.6 Å². The number of hydroxylamine groups is 2. The molecule has 2 aromatic carbocycles. The molecule has 162 valence electrons. The Morgan fingerprint density at radius 3 is 2.81 bits per heavy atom. The van der Waals surface area contributed by atoms with Crippen LogP contribution in [0.25, 0.3) is 16.8 Å². The molecule has 1 aliphatic heterocycles. The van der Waals surface area contributed by atoms with Gasteiger partial charge in [0.25, 0.3) is 0 Å². The number of nitrogens with one attached hydrogen (secondary N) is 1. The molecular weight excluding hydrogens is 435 g/mol. The molecule has 1 atom stereocenters. The Morgan fingerprint density at radius 1 is 1.19 bits per heavy atom. The van der Waals surface area contributed by atoms with E-state index in [1.54, 1.807) is 18.3 Å². The Balaban J connectivity index is 1.45. The van der Waals surface area contributed by atoms with Crippen LogP contribution in [0, 0.1) is 5.82 Å². The standard InChI is InChI=1S/C22H18ClFN6O2/c23-16-8-7-15(14-6-9-18-26-21(25)28-29(18)12-14)19(24)20(16)27-22(31)30-17(10-11-32-30)13-4-2-1-3-5-13/h1-9,12,17H,10-11H2,(H2,25,28)(H,27,31). The molecule has 2 amide bonds. The molecule has 8 nitrogen and oxygen atoms in total. The van der Waals surface area contributed by atoms with Crippen molar-refractivity contribution in [3.8, 4) is 11.1 Å². The molecule has 0 spiro atoms. The topological polar surface area (TPSA) is 97.8 Å². The van der Waals surface area contributed by atoms with Gasteiger partial charge >= 0.3 is 6.03 Å². The molecule has 32 heavy (non-hydrogen) atoms. The van der Waals surface area contributed by atoms with Crippen LogP contribution in [-0.2, 0) is 4.84 Å². The lowest BCUT2D eigenvalue weighted by atomic mass is 10.0. The highest BCUT2D eigenvalue weighted by Crippen LogP contribution is 2.35. The van der Waals surface area contributed by atoms with E-state index in [2.05, 4.69) is 15.4 Å². The summed E-state index contributed by atoms with van der Waals surface area (Å²) in [5.74, 6) is -0.556. The van der Waals surface area contributed by atoms with Gasteiger partial charge in [-0.2, -0.15) is 10.0 Å². The van der Waals surface area contributed by atoms with Crippen LogP contribution < -0.4 is 11.1 Å². The van der Waals surface area contributed by atoms with Crippen LogP contribution in [0.3, 0.4) is 0 Å². The number of aromatic nitrogens is 3. The van der Waals surface area contributed by atoms with Crippen molar-refractivity contribution in [3.63, 3.8) is 0 Å². The van der Waals surface area contributed by atoms with E-state index in [0.717, 1.165) is 5.56 Å². The van der Waals surface area contributed by atoms with Gasteiger partial charge in [0, 0.05) is 23.7 Å². The molecule has 1 fully saturated rings. The number of urea groups is 1. The van der Waals surface area contributed by atoms with E-state index in [9.17, 15) is 4.79 Å². The van der Waals surface area contributed by atoms with E-state index in [0.29, 0.717) is 24.2 Å². The number of hydrogen-bond donors (Lipinski definition) is 2. The molecule has 1 saturated heterocycles. The second kappa shape index (κ2) is 8.10. The summed E-state index contributed by atoms with van der Waals surface area (Å²) in [6, 6.07) is 15.1. The molecule has 3 N–H and O–H groups in total. The predicted molar refractivity (Wildman–Crippen MR) is 118 cm³/mol. The van der Waals surface area contributed by atoms with Crippen molar-refractivity contribution >= 4 is 34.9 Å². The lowest BCUT2D eigenvalue weighted by Gasteiger charge is -2.23.